The van der Waals surface area contributed by atoms with Crippen LogP contribution in [0.3, 0.4) is 0 Å². The average Bonchev–Trinajstić information content (AvgIpc) is 2.86. The number of rotatable bonds is 2. The van der Waals surface area contributed by atoms with Gasteiger partial charge in [-0.25, -0.2) is 0 Å². The molecule has 1 aromatic heterocycles. The predicted molar refractivity (Wildman–Crippen MR) is 91.0 cm³/mol. The second-order valence-electron chi connectivity index (χ2n) is 5.45. The molecule has 0 saturated heterocycles. The van der Waals surface area contributed by atoms with Crippen LogP contribution in [0.15, 0.2) is 49.6 Å². The summed E-state index contributed by atoms with van der Waals surface area (Å²) < 4.78 is 6.77. The molecule has 5 nitrogen and oxygen atoms in total. The first-order chi connectivity index (χ1) is 10.5. The van der Waals surface area contributed by atoms with E-state index < -0.39 is 0 Å². The Bertz CT molecular complexity index is 759. The molecule has 2 aromatic rings. The van der Waals surface area contributed by atoms with Crippen molar-refractivity contribution in [1.82, 2.24) is 0 Å². The van der Waals surface area contributed by atoms with Crippen LogP contribution >= 0.6 is 15.9 Å². The molecule has 3 rings (SSSR count). The summed E-state index contributed by atoms with van der Waals surface area (Å²) in [5.74, 6) is 1.20. The van der Waals surface area contributed by atoms with E-state index in [1.807, 2.05) is 19.1 Å². The van der Waals surface area contributed by atoms with Crippen molar-refractivity contribution in [2.24, 2.45) is 21.7 Å². The van der Waals surface area contributed by atoms with E-state index in [1.54, 1.807) is 6.26 Å². The summed E-state index contributed by atoms with van der Waals surface area (Å²) in [6, 6.07) is 8.30. The fourth-order valence-corrected chi connectivity index (χ4v) is 3.29. The molecule has 6 heteroatoms. The van der Waals surface area contributed by atoms with Crippen LogP contribution in [0, 0.1) is 6.92 Å². The summed E-state index contributed by atoms with van der Waals surface area (Å²) in [6.07, 6.45) is 3.39. The molecule has 1 unspecified atom stereocenters. The van der Waals surface area contributed by atoms with Crippen molar-refractivity contribution in [2.75, 3.05) is 0 Å². The van der Waals surface area contributed by atoms with Crippen molar-refractivity contribution in [2.45, 2.75) is 25.7 Å². The molecule has 0 aliphatic heterocycles. The Morgan fingerprint density at radius 3 is 2.86 bits per heavy atom. The molecule has 1 aromatic carbocycles. The van der Waals surface area contributed by atoms with Crippen molar-refractivity contribution in [3.8, 4) is 0 Å². The number of fused-ring (bicyclic) bond motifs is 1. The first-order valence-electron chi connectivity index (χ1n) is 7.03. The number of guanidine groups is 1. The van der Waals surface area contributed by atoms with Crippen LogP contribution in [0.5, 0.6) is 0 Å². The van der Waals surface area contributed by atoms with Gasteiger partial charge in [0.1, 0.15) is 5.76 Å². The Hall–Kier alpha value is -2.08. The highest BCUT2D eigenvalue weighted by Crippen LogP contribution is 2.36. The lowest BCUT2D eigenvalue weighted by Gasteiger charge is -2.23. The quantitative estimate of drug-likeness (QED) is 0.489. The number of aryl methyl sites for hydroxylation is 1. The molecule has 0 fully saturated rings. The minimum absolute atomic E-state index is 0.0419. The molecular formula is C16H17BrN4O. The number of hydrogen-bond donors (Lipinski definition) is 2. The van der Waals surface area contributed by atoms with Gasteiger partial charge in [0.2, 0.25) is 5.96 Å². The third-order valence-corrected chi connectivity index (χ3v) is 4.31. The first-order valence-corrected chi connectivity index (χ1v) is 7.82. The largest absolute Gasteiger partial charge is 0.468 e. The van der Waals surface area contributed by atoms with Gasteiger partial charge < -0.3 is 15.9 Å². The fourth-order valence-electron chi connectivity index (χ4n) is 2.87. The normalized spacial score (nSPS) is 19.0. The summed E-state index contributed by atoms with van der Waals surface area (Å²) in [6.45, 7) is 2.01. The highest BCUT2D eigenvalue weighted by molar-refractivity contribution is 9.10. The lowest BCUT2D eigenvalue weighted by molar-refractivity contribution is 0.480. The van der Waals surface area contributed by atoms with Gasteiger partial charge in [-0.2, -0.15) is 5.10 Å². The Labute approximate surface area is 137 Å². The minimum Gasteiger partial charge on any atom is -0.468 e. The standard InChI is InChI=1S/C16H17BrN4O/c1-9-8-22-14-7-11(10-3-2-4-12(17)5-10)6-13(15(9)14)20-21-16(18)19/h2-5,8,11H,6-7H2,1H3,(H4,18,19,21)/b20-13-. The number of halogens is 1. The lowest BCUT2D eigenvalue weighted by Crippen LogP contribution is -2.23. The zero-order valence-corrected chi connectivity index (χ0v) is 13.8. The Morgan fingerprint density at radius 1 is 1.32 bits per heavy atom. The number of nitrogens with two attached hydrogens (primary N) is 2. The Morgan fingerprint density at radius 2 is 2.14 bits per heavy atom. The van der Waals surface area contributed by atoms with Crippen molar-refractivity contribution >= 4 is 27.6 Å². The van der Waals surface area contributed by atoms with E-state index in [1.165, 1.54) is 5.56 Å². The SMILES string of the molecule is Cc1coc2c1/C(=N\N=C(N)N)CC(c1cccc(Br)c1)C2. The van der Waals surface area contributed by atoms with E-state index in [0.29, 0.717) is 5.92 Å². The highest BCUT2D eigenvalue weighted by Gasteiger charge is 2.29. The molecule has 1 heterocycles. The summed E-state index contributed by atoms with van der Waals surface area (Å²) in [7, 11) is 0. The van der Waals surface area contributed by atoms with E-state index in [9.17, 15) is 0 Å². The van der Waals surface area contributed by atoms with Crippen LogP contribution < -0.4 is 11.5 Å². The van der Waals surface area contributed by atoms with Crippen LogP contribution in [-0.4, -0.2) is 11.7 Å². The van der Waals surface area contributed by atoms with Gasteiger partial charge in [0.25, 0.3) is 0 Å². The Kier molecular flexibility index (Phi) is 4.02. The van der Waals surface area contributed by atoms with Gasteiger partial charge in [-0.1, -0.05) is 28.1 Å². The monoisotopic (exact) mass is 360 g/mol. The number of furan rings is 1. The fraction of sp³-hybridized carbons (Fsp3) is 0.250. The second kappa shape index (κ2) is 5.96. The maximum atomic E-state index is 5.70. The Balaban J connectivity index is 2.02. The van der Waals surface area contributed by atoms with E-state index >= 15 is 0 Å². The van der Waals surface area contributed by atoms with E-state index in [4.69, 9.17) is 15.9 Å². The van der Waals surface area contributed by atoms with Crippen molar-refractivity contribution in [3.63, 3.8) is 0 Å². The van der Waals surface area contributed by atoms with Gasteiger partial charge in [-0.3, -0.25) is 0 Å². The summed E-state index contributed by atoms with van der Waals surface area (Å²) in [4.78, 5) is 0. The van der Waals surface area contributed by atoms with Gasteiger partial charge in [0.15, 0.2) is 0 Å². The van der Waals surface area contributed by atoms with E-state index in [2.05, 4.69) is 38.3 Å². The average molecular weight is 361 g/mol. The first kappa shape index (κ1) is 14.8. The number of hydrogen-bond acceptors (Lipinski definition) is 3. The summed E-state index contributed by atoms with van der Waals surface area (Å²) >= 11 is 3.52. The van der Waals surface area contributed by atoms with Gasteiger partial charge in [0.05, 0.1) is 12.0 Å². The van der Waals surface area contributed by atoms with Crippen molar-refractivity contribution in [3.05, 3.63) is 57.5 Å². The molecule has 4 N–H and O–H groups in total. The third kappa shape index (κ3) is 2.92. The molecule has 0 spiro atoms. The van der Waals surface area contributed by atoms with Crippen molar-refractivity contribution < 1.29 is 4.42 Å². The zero-order chi connectivity index (χ0) is 15.7. The highest BCUT2D eigenvalue weighted by atomic mass is 79.9. The third-order valence-electron chi connectivity index (χ3n) is 3.82. The van der Waals surface area contributed by atoms with Gasteiger partial charge in [-0.15, -0.1) is 5.10 Å². The minimum atomic E-state index is -0.0419. The summed E-state index contributed by atoms with van der Waals surface area (Å²) in [5, 5.41) is 8.06. The molecule has 1 aliphatic rings. The molecule has 1 aliphatic carbocycles. The summed E-state index contributed by atoms with van der Waals surface area (Å²) in [5.41, 5.74) is 15.0. The second-order valence-corrected chi connectivity index (χ2v) is 6.36. The maximum Gasteiger partial charge on any atom is 0.211 e. The molecule has 22 heavy (non-hydrogen) atoms. The van der Waals surface area contributed by atoms with E-state index in [-0.39, 0.29) is 5.96 Å². The number of benzene rings is 1. The molecule has 0 radical (unpaired) electrons. The van der Waals surface area contributed by atoms with E-state index in [0.717, 1.165) is 39.9 Å². The van der Waals surface area contributed by atoms with Crippen LogP contribution in [0.1, 0.15) is 34.8 Å². The van der Waals surface area contributed by atoms with Crippen LogP contribution in [0.25, 0.3) is 0 Å². The van der Waals surface area contributed by atoms with Crippen LogP contribution in [0.2, 0.25) is 0 Å². The van der Waals surface area contributed by atoms with Gasteiger partial charge in [0, 0.05) is 16.5 Å². The van der Waals surface area contributed by atoms with Crippen LogP contribution in [0.4, 0.5) is 0 Å². The smallest absolute Gasteiger partial charge is 0.211 e. The van der Waals surface area contributed by atoms with Crippen molar-refractivity contribution in [1.29, 1.82) is 0 Å². The molecule has 0 amide bonds. The molecule has 0 saturated carbocycles. The maximum absolute atomic E-state index is 5.70. The zero-order valence-electron chi connectivity index (χ0n) is 12.2. The number of nitrogens with zero attached hydrogens (tertiary/aromatic N) is 2. The van der Waals surface area contributed by atoms with Gasteiger partial charge >= 0.3 is 0 Å². The molecule has 0 bridgehead atoms. The predicted octanol–water partition coefficient (Wildman–Crippen LogP) is 3.06. The topological polar surface area (TPSA) is 89.9 Å². The van der Waals surface area contributed by atoms with Gasteiger partial charge in [-0.05, 0) is 42.5 Å². The molecular weight excluding hydrogens is 344 g/mol. The van der Waals surface area contributed by atoms with Crippen LogP contribution in [-0.2, 0) is 6.42 Å². The molecule has 114 valence electrons. The molecule has 1 atom stereocenters. The lowest BCUT2D eigenvalue weighted by atomic mass is 9.81.